The quantitative estimate of drug-likeness (QED) is 0.00858. The van der Waals surface area contributed by atoms with E-state index in [4.69, 9.17) is 36.3 Å². The highest BCUT2D eigenvalue weighted by Crippen LogP contribution is 2.75. The molecular weight excluding hydrogens is 1890 g/mol. The topological polar surface area (TPSA) is 526 Å². The van der Waals surface area contributed by atoms with E-state index in [0.717, 1.165) is 64.2 Å². The number of rotatable bonds is 22. The number of ether oxygens (including phenoxy) is 5. The van der Waals surface area contributed by atoms with Crippen LogP contribution in [0.25, 0.3) is 0 Å². The van der Waals surface area contributed by atoms with Crippen LogP contribution in [0.3, 0.4) is 0 Å². The number of ketones is 7. The molecule has 0 aliphatic heterocycles. The highest BCUT2D eigenvalue weighted by molar-refractivity contribution is 8.40. The first kappa shape index (κ1) is 110. The van der Waals surface area contributed by atoms with E-state index in [1.165, 1.54) is 85.0 Å². The number of likely N-dealkylation sites (N-methyl/N-ethyl adjacent to an activating group) is 1. The summed E-state index contributed by atoms with van der Waals surface area (Å²) in [6.45, 7) is 15.6. The zero-order valence-electron chi connectivity index (χ0n) is 77.6. The molecule has 0 amide bonds. The van der Waals surface area contributed by atoms with Gasteiger partial charge in [-0.1, -0.05) is 89.8 Å². The van der Waals surface area contributed by atoms with Gasteiger partial charge in [0.15, 0.2) is 53.4 Å². The second-order valence-electron chi connectivity index (χ2n) is 38.9. The van der Waals surface area contributed by atoms with Crippen molar-refractivity contribution in [1.29, 1.82) is 0 Å². The number of alkyl halides is 3. The number of nitrogens with one attached hydrogen (secondary N) is 1. The first-order chi connectivity index (χ1) is 64.1. The van der Waals surface area contributed by atoms with Crippen molar-refractivity contribution in [1.82, 2.24) is 5.32 Å². The summed E-state index contributed by atoms with van der Waals surface area (Å²) in [5.41, 5.74) is -13.0. The summed E-state index contributed by atoms with van der Waals surface area (Å²) in [6, 6.07) is 14.4. The number of carbonyl (C=O) groups is 10. The lowest BCUT2D eigenvalue weighted by atomic mass is 9.44. The number of allylic oxidation sites excluding steroid dienone is 12. The number of aliphatic hydroxyl groups is 7. The molecule has 33 nitrogen and oxygen atoms in total. The van der Waals surface area contributed by atoms with Gasteiger partial charge in [0.25, 0.3) is 17.1 Å². The van der Waals surface area contributed by atoms with E-state index in [1.807, 2.05) is 14.0 Å². The van der Waals surface area contributed by atoms with Crippen molar-refractivity contribution < 1.29 is 135 Å². The Balaban J connectivity index is 0.000000187. The maximum atomic E-state index is 17.2. The Labute approximate surface area is 807 Å². The molecule has 0 spiro atoms. The van der Waals surface area contributed by atoms with Gasteiger partial charge >= 0.3 is 17.7 Å². The van der Waals surface area contributed by atoms with E-state index < -0.39 is 202 Å². The number of carbonyl (C=O) groups excluding carboxylic acids is 10. The van der Waals surface area contributed by atoms with Gasteiger partial charge in [-0.2, -0.15) is 0 Å². The Morgan fingerprint density at radius 2 is 0.803 bits per heavy atom. The van der Waals surface area contributed by atoms with Gasteiger partial charge in [0, 0.05) is 119 Å². The number of hydrogen-bond donors (Lipinski definition) is 9. The molecule has 0 aromatic heterocycles. The van der Waals surface area contributed by atoms with Gasteiger partial charge in [-0.3, -0.25) is 63.9 Å². The van der Waals surface area contributed by atoms with Gasteiger partial charge in [0.05, 0.1) is 39.1 Å². The third-order valence-electron chi connectivity index (χ3n) is 32.5. The third kappa shape index (κ3) is 19.7. The summed E-state index contributed by atoms with van der Waals surface area (Å²) < 4.78 is 75.7. The lowest BCUT2D eigenvalue weighted by molar-refractivity contribution is -0.385. The zero-order chi connectivity index (χ0) is 102. The van der Waals surface area contributed by atoms with Crippen molar-refractivity contribution in [3.63, 3.8) is 0 Å². The summed E-state index contributed by atoms with van der Waals surface area (Å²) in [4.78, 5) is 151. The maximum Gasteiger partial charge on any atom is 0.514 e. The van der Waals surface area contributed by atoms with Crippen molar-refractivity contribution in [2.75, 3.05) is 33.4 Å². The summed E-state index contributed by atoms with van der Waals surface area (Å²) in [6.07, 6.45) is 13.0. The SMILES string of the molecule is CCC(=O)[C@H](CCCCN)NC.C[C@@H]1C[C@H]2[C@@H]3CCC4=CC(=O)C=C[C@]4(C)[C@@]3(F)[C@@H](O)C[C@]2(C)[C@@]1(O)C(=O)CO.C[C@@H]1C[C@H]2[C@@H]3CCC4=CC(=O)C=C[C@]4(C)[C@@]3(F)[C@@H](O)C[C@]2(C)[C@@]1(O)C(=O)COC(=O)Oc1ccc([N+](=O)[O-])cc1.C[C@@H]1C[C@H]2[C@@H]3CCC4=CC(=O)C=C[C@]4(C)[C@@]3(F)[C@@H](O)C[C@]2(C)[C@@]1(O)C(=O)COC(=O)Oc1ccc([N+](=O)[O-])cc1.O=C(Cl)Oc1ccc([N+](=O)[O-])cc1.S=PP=S. The van der Waals surface area contributed by atoms with Crippen molar-refractivity contribution in [2.45, 2.75) is 230 Å². The molecule has 0 heterocycles. The molecule has 744 valence electrons. The van der Waals surface area contributed by atoms with Crippen LogP contribution in [-0.2, 0) is 66.6 Å². The minimum Gasteiger partial charge on any atom is -0.426 e. The van der Waals surface area contributed by atoms with E-state index in [-0.39, 0.29) is 82.9 Å². The van der Waals surface area contributed by atoms with Crippen LogP contribution in [0, 0.1) is 116 Å². The van der Waals surface area contributed by atoms with Crippen molar-refractivity contribution >= 4 is 125 Å². The summed E-state index contributed by atoms with van der Waals surface area (Å²) in [5, 5.41) is 113. The standard InChI is InChI=1S/2C29H32FNO9.C22H29FO5.C9H20N2O.C7H4ClNO4.P2S2/c2*1-16-12-22-21-9-4-17-13-19(32)10-11-26(17,2)28(21,30)23(33)14-27(22,3)29(16,36)24(34)15-39-25(35)40-20-7-5-18(6-8-20)31(37)38;1-12-8-16-15-5-4-13-9-14(25)6-7-19(13,2)21(15,23)17(26)10-20(16,3)22(12,28)18(27)11-24;1-3-9(12)8(11-2)6-4-5-7-10;8-7(10)13-6-3-1-5(2-4-6)9(11)12;3-1-2-4/h2*5-8,10-11,13,16,21-23,33,36H,4,9,12,14-15H2,1-3H3;6-7,9,12,15-17,24,26,28H,4-5,8,10-11H2,1-3H3;8,11H,3-7,10H2,1-2H3;1-4H;/t2*16-,21+,22+,23+,26+,27+,28+,29+;12-,15+,16+,17+,19+,20+,21+,22+;8-;;/m1110../s1. The number of benzene rings is 3. The second-order valence-corrected chi connectivity index (χ2v) is 43.5. The molecule has 9 fully saturated rings. The van der Waals surface area contributed by atoms with Gasteiger partial charge in [0.2, 0.25) is 11.6 Å². The van der Waals surface area contributed by atoms with Crippen LogP contribution < -0.4 is 25.3 Å². The molecule has 15 rings (SSSR count). The van der Waals surface area contributed by atoms with Gasteiger partial charge in [0.1, 0.15) is 46.4 Å². The lowest BCUT2D eigenvalue weighted by Crippen LogP contribution is -2.69. The van der Waals surface area contributed by atoms with Gasteiger partial charge in [-0.05, 0) is 256 Å². The fourth-order valence-electron chi connectivity index (χ4n) is 25.5. The van der Waals surface area contributed by atoms with Crippen LogP contribution in [0.4, 0.5) is 44.6 Å². The lowest BCUT2D eigenvalue weighted by Gasteiger charge is -2.62. The van der Waals surface area contributed by atoms with Gasteiger partial charge in [-0.25, -0.2) is 27.6 Å². The van der Waals surface area contributed by atoms with Crippen LogP contribution in [0.1, 0.15) is 172 Å². The minimum atomic E-state index is -2.10. The van der Waals surface area contributed by atoms with Crippen LogP contribution in [0.5, 0.6) is 17.2 Å². The third-order valence-corrected chi connectivity index (χ3v) is 35.3. The normalized spacial score (nSPS) is 36.3. The van der Waals surface area contributed by atoms with E-state index in [9.17, 15) is 114 Å². The molecule has 41 heteroatoms. The van der Waals surface area contributed by atoms with Crippen molar-refractivity contribution in [2.24, 2.45) is 91.5 Å². The highest BCUT2D eigenvalue weighted by Gasteiger charge is 2.79. The summed E-state index contributed by atoms with van der Waals surface area (Å²) in [5.74, 6) is -7.22. The predicted octanol–water partition coefficient (Wildman–Crippen LogP) is 14.7. The molecule has 137 heavy (non-hydrogen) atoms. The molecule has 9 saturated carbocycles. The largest absolute Gasteiger partial charge is 0.514 e. The number of fused-ring (bicyclic) bond motifs is 15. The monoisotopic (exact) mass is 2010 g/mol. The Hall–Kier alpha value is -9.24. The van der Waals surface area contributed by atoms with Gasteiger partial charge in [-0.15, -0.1) is 0 Å². The molecule has 0 bridgehead atoms. The van der Waals surface area contributed by atoms with Crippen molar-refractivity contribution in [3.05, 3.63) is 175 Å². The molecule has 10 N–H and O–H groups in total. The predicted molar refractivity (Wildman–Crippen MR) is 500 cm³/mol. The Bertz CT molecular complexity index is 5220. The first-order valence-electron chi connectivity index (χ1n) is 45.3. The second kappa shape index (κ2) is 42.7. The van der Waals surface area contributed by atoms with E-state index in [1.54, 1.807) is 80.5 Å². The molecule has 0 radical (unpaired) electrons. The Morgan fingerprint density at radius 1 is 0.511 bits per heavy atom. The first-order valence-corrected chi connectivity index (χ1v) is 50.2. The summed E-state index contributed by atoms with van der Waals surface area (Å²) >= 11 is 13.7. The van der Waals surface area contributed by atoms with E-state index >= 15 is 13.2 Å². The van der Waals surface area contributed by atoms with Crippen LogP contribution in [0.15, 0.2) is 144 Å². The molecule has 3 aromatic rings. The highest BCUT2D eigenvalue weighted by atomic mass is 35.5. The number of nitro groups is 3. The number of nitrogens with zero attached hydrogens (tertiary/aromatic N) is 3. The van der Waals surface area contributed by atoms with E-state index in [0.29, 0.717) is 86.7 Å². The number of hydrogen-bond acceptors (Lipinski definition) is 32. The number of aliphatic hydroxyl groups excluding tert-OH is 4. The molecule has 12 aliphatic rings. The average molecular weight is 2010 g/mol. The number of unbranched alkanes of at least 4 members (excludes halogenated alkanes) is 1. The number of nitrogens with two attached hydrogens (primary N) is 1. The molecule has 0 saturated heterocycles. The van der Waals surface area contributed by atoms with E-state index in [2.05, 4.69) is 33.7 Å². The molecule has 3 aromatic carbocycles. The Morgan fingerprint density at radius 3 is 1.06 bits per heavy atom. The molecular formula is C96H117ClF3N5O28P2S2. The molecule has 12 aliphatic carbocycles. The zero-order valence-corrected chi connectivity index (χ0v) is 81.8. The fourth-order valence-corrected chi connectivity index (χ4v) is 25.6. The smallest absolute Gasteiger partial charge is 0.426 e. The maximum absolute atomic E-state index is 17.2. The average Bonchev–Trinajstić information content (AvgIpc) is 1.60. The number of halogens is 4. The van der Waals surface area contributed by atoms with Crippen LogP contribution in [0.2, 0.25) is 0 Å². The van der Waals surface area contributed by atoms with Crippen LogP contribution >= 0.6 is 25.7 Å². The molecule has 25 atom stereocenters. The fraction of sp³-hybridized carbons (Fsp3) is 0.583. The number of nitro benzene ring substituents is 3. The van der Waals surface area contributed by atoms with Crippen molar-refractivity contribution in [3.8, 4) is 17.2 Å². The number of Topliss-reactive ketones (excluding diaryl/α,β-unsaturated/α-hetero) is 4. The number of non-ortho nitro benzene ring substituents is 3. The Kier molecular flexibility index (Phi) is 34.2. The van der Waals surface area contributed by atoms with Crippen LogP contribution in [-0.4, -0.2) is 200 Å². The molecule has 0 unspecified atom stereocenters. The van der Waals surface area contributed by atoms with Gasteiger partial charge < -0.3 is 70.5 Å². The minimum absolute atomic E-state index is 0.0321. The summed E-state index contributed by atoms with van der Waals surface area (Å²) in [7, 11) is 3.57.